The Morgan fingerprint density at radius 2 is 1.93 bits per heavy atom. The van der Waals surface area contributed by atoms with Crippen molar-refractivity contribution in [3.63, 3.8) is 0 Å². The normalized spacial score (nSPS) is 14.1. The van der Waals surface area contributed by atoms with E-state index in [1.807, 2.05) is 6.92 Å². The van der Waals surface area contributed by atoms with Crippen molar-refractivity contribution in [3.8, 4) is 0 Å². The average molecular weight is 214 g/mol. The third kappa shape index (κ3) is 5.17. The minimum absolute atomic E-state index is 0.0226. The van der Waals surface area contributed by atoms with Crippen molar-refractivity contribution in [2.45, 2.75) is 53.5 Å². The van der Waals surface area contributed by atoms with Crippen molar-refractivity contribution < 1.29 is 4.79 Å². The second-order valence-electron chi connectivity index (χ2n) is 5.26. The summed E-state index contributed by atoms with van der Waals surface area (Å²) in [5.41, 5.74) is 5.85. The van der Waals surface area contributed by atoms with E-state index in [2.05, 4.69) is 33.0 Å². The Morgan fingerprint density at radius 3 is 2.33 bits per heavy atom. The minimum atomic E-state index is -0.349. The van der Waals surface area contributed by atoms with E-state index in [4.69, 9.17) is 5.73 Å². The summed E-state index contributed by atoms with van der Waals surface area (Å²) in [6, 6.07) is -0.349. The smallest absolute Gasteiger partial charge is 0.236 e. The van der Waals surface area contributed by atoms with E-state index in [1.54, 1.807) is 0 Å². The standard InChI is InChI=1S/C12H26N2O/c1-6-7-10(13)11(15)14-8-12(4,5)9(2)3/h9-10H,6-8,13H2,1-5H3,(H,14,15)/t10-/m0/s1. The van der Waals surface area contributed by atoms with Crippen LogP contribution in [-0.2, 0) is 4.79 Å². The van der Waals surface area contributed by atoms with E-state index >= 15 is 0 Å². The van der Waals surface area contributed by atoms with Crippen LogP contribution in [0.4, 0.5) is 0 Å². The predicted octanol–water partition coefficient (Wildman–Crippen LogP) is 1.91. The molecule has 3 heteroatoms. The Morgan fingerprint density at radius 1 is 1.40 bits per heavy atom. The molecule has 0 bridgehead atoms. The van der Waals surface area contributed by atoms with Gasteiger partial charge in [0.05, 0.1) is 6.04 Å². The van der Waals surface area contributed by atoms with Crippen LogP contribution in [0, 0.1) is 11.3 Å². The fourth-order valence-corrected chi connectivity index (χ4v) is 1.09. The van der Waals surface area contributed by atoms with Crippen LogP contribution in [-0.4, -0.2) is 18.5 Å². The summed E-state index contributed by atoms with van der Waals surface area (Å²) in [4.78, 5) is 11.6. The Bertz CT molecular complexity index is 200. The van der Waals surface area contributed by atoms with Gasteiger partial charge in [0, 0.05) is 6.54 Å². The molecule has 0 saturated heterocycles. The second-order valence-corrected chi connectivity index (χ2v) is 5.26. The maximum Gasteiger partial charge on any atom is 0.236 e. The fraction of sp³-hybridized carbons (Fsp3) is 0.917. The van der Waals surface area contributed by atoms with Gasteiger partial charge >= 0.3 is 0 Å². The lowest BCUT2D eigenvalue weighted by molar-refractivity contribution is -0.123. The number of carbonyl (C=O) groups excluding carboxylic acids is 1. The lowest BCUT2D eigenvalue weighted by Gasteiger charge is -2.29. The summed E-state index contributed by atoms with van der Waals surface area (Å²) < 4.78 is 0. The van der Waals surface area contributed by atoms with Crippen molar-refractivity contribution in [2.24, 2.45) is 17.1 Å². The zero-order valence-corrected chi connectivity index (χ0v) is 10.8. The first kappa shape index (κ1) is 14.4. The Hall–Kier alpha value is -0.570. The maximum absolute atomic E-state index is 11.6. The summed E-state index contributed by atoms with van der Waals surface area (Å²) >= 11 is 0. The molecule has 0 aliphatic heterocycles. The van der Waals surface area contributed by atoms with Gasteiger partial charge in [0.15, 0.2) is 0 Å². The fourth-order valence-electron chi connectivity index (χ4n) is 1.09. The summed E-state index contributed by atoms with van der Waals surface area (Å²) in [6.07, 6.45) is 1.70. The van der Waals surface area contributed by atoms with Gasteiger partial charge in [-0.2, -0.15) is 0 Å². The van der Waals surface area contributed by atoms with Gasteiger partial charge in [-0.05, 0) is 17.8 Å². The molecule has 0 unspecified atom stereocenters. The van der Waals surface area contributed by atoms with Crippen LogP contribution in [0.3, 0.4) is 0 Å². The highest BCUT2D eigenvalue weighted by Crippen LogP contribution is 2.24. The van der Waals surface area contributed by atoms with Crippen LogP contribution < -0.4 is 11.1 Å². The molecule has 3 N–H and O–H groups in total. The summed E-state index contributed by atoms with van der Waals surface area (Å²) in [6.45, 7) is 11.4. The topological polar surface area (TPSA) is 55.1 Å². The SMILES string of the molecule is CCC[C@H](N)C(=O)NCC(C)(C)C(C)C. The van der Waals surface area contributed by atoms with Crippen LogP contribution in [0.1, 0.15) is 47.5 Å². The first-order valence-corrected chi connectivity index (χ1v) is 5.84. The number of carbonyl (C=O) groups is 1. The van der Waals surface area contributed by atoms with Crippen LogP contribution in [0.5, 0.6) is 0 Å². The molecule has 0 aromatic heterocycles. The Kier molecular flexibility index (Phi) is 5.88. The minimum Gasteiger partial charge on any atom is -0.354 e. The van der Waals surface area contributed by atoms with Gasteiger partial charge in [0.2, 0.25) is 5.91 Å². The average Bonchev–Trinajstić information content (AvgIpc) is 2.14. The van der Waals surface area contributed by atoms with Gasteiger partial charge in [-0.1, -0.05) is 41.0 Å². The number of hydrogen-bond acceptors (Lipinski definition) is 2. The van der Waals surface area contributed by atoms with Crippen LogP contribution in [0.15, 0.2) is 0 Å². The molecule has 0 spiro atoms. The molecule has 0 aromatic carbocycles. The lowest BCUT2D eigenvalue weighted by Crippen LogP contribution is -2.45. The molecular weight excluding hydrogens is 188 g/mol. The van der Waals surface area contributed by atoms with Gasteiger partial charge in [-0.15, -0.1) is 0 Å². The highest BCUT2D eigenvalue weighted by molar-refractivity contribution is 5.81. The number of rotatable bonds is 6. The van der Waals surface area contributed by atoms with E-state index in [0.29, 0.717) is 12.5 Å². The second kappa shape index (κ2) is 6.11. The maximum atomic E-state index is 11.6. The van der Waals surface area contributed by atoms with E-state index in [-0.39, 0.29) is 17.4 Å². The van der Waals surface area contributed by atoms with E-state index in [0.717, 1.165) is 12.8 Å². The van der Waals surface area contributed by atoms with Gasteiger partial charge in [0.25, 0.3) is 0 Å². The van der Waals surface area contributed by atoms with Crippen molar-refractivity contribution in [2.75, 3.05) is 6.54 Å². The third-order valence-electron chi connectivity index (χ3n) is 3.22. The molecule has 1 atom stereocenters. The van der Waals surface area contributed by atoms with E-state index in [1.165, 1.54) is 0 Å². The zero-order valence-electron chi connectivity index (χ0n) is 10.8. The molecule has 0 radical (unpaired) electrons. The molecule has 0 aromatic rings. The summed E-state index contributed by atoms with van der Waals surface area (Å²) in [7, 11) is 0. The number of nitrogens with two attached hydrogens (primary N) is 1. The monoisotopic (exact) mass is 214 g/mol. The molecule has 0 fully saturated rings. The molecule has 0 heterocycles. The van der Waals surface area contributed by atoms with Crippen molar-refractivity contribution in [1.82, 2.24) is 5.32 Å². The Balaban J connectivity index is 4.00. The molecule has 0 rings (SSSR count). The van der Waals surface area contributed by atoms with Gasteiger partial charge < -0.3 is 11.1 Å². The van der Waals surface area contributed by atoms with Crippen molar-refractivity contribution in [3.05, 3.63) is 0 Å². The van der Waals surface area contributed by atoms with E-state index in [9.17, 15) is 4.79 Å². The molecule has 15 heavy (non-hydrogen) atoms. The molecule has 0 saturated carbocycles. The number of amides is 1. The lowest BCUT2D eigenvalue weighted by atomic mass is 9.81. The van der Waals surface area contributed by atoms with Crippen molar-refractivity contribution >= 4 is 5.91 Å². The predicted molar refractivity (Wildman–Crippen MR) is 64.5 cm³/mol. The van der Waals surface area contributed by atoms with Crippen LogP contribution in [0.25, 0.3) is 0 Å². The molecule has 1 amide bonds. The number of nitrogens with one attached hydrogen (secondary N) is 1. The zero-order chi connectivity index (χ0) is 12.1. The first-order chi connectivity index (χ1) is 6.81. The third-order valence-corrected chi connectivity index (χ3v) is 3.22. The largest absolute Gasteiger partial charge is 0.354 e. The molecule has 0 aliphatic rings. The number of hydrogen-bond donors (Lipinski definition) is 2. The van der Waals surface area contributed by atoms with Gasteiger partial charge in [-0.25, -0.2) is 0 Å². The molecular formula is C12H26N2O. The van der Waals surface area contributed by atoms with Crippen LogP contribution in [0.2, 0.25) is 0 Å². The van der Waals surface area contributed by atoms with Crippen LogP contribution >= 0.6 is 0 Å². The van der Waals surface area contributed by atoms with Gasteiger partial charge in [-0.3, -0.25) is 4.79 Å². The Labute approximate surface area is 93.8 Å². The highest BCUT2D eigenvalue weighted by atomic mass is 16.2. The van der Waals surface area contributed by atoms with Gasteiger partial charge in [0.1, 0.15) is 0 Å². The quantitative estimate of drug-likeness (QED) is 0.709. The molecule has 90 valence electrons. The summed E-state index contributed by atoms with van der Waals surface area (Å²) in [5.74, 6) is 0.519. The van der Waals surface area contributed by atoms with Crippen molar-refractivity contribution in [1.29, 1.82) is 0 Å². The highest BCUT2D eigenvalue weighted by Gasteiger charge is 2.23. The molecule has 0 aliphatic carbocycles. The van der Waals surface area contributed by atoms with E-state index < -0.39 is 0 Å². The first-order valence-electron chi connectivity index (χ1n) is 5.84. The molecule has 3 nitrogen and oxygen atoms in total. The summed E-state index contributed by atoms with van der Waals surface area (Å²) in [5, 5.41) is 2.92.